The maximum Gasteiger partial charge on any atom is 0.251 e. The Morgan fingerprint density at radius 2 is 1.91 bits per heavy atom. The van der Waals surface area contributed by atoms with Crippen LogP contribution in [0.5, 0.6) is 5.75 Å². The maximum absolute atomic E-state index is 12.1. The number of ether oxygens (including phenoxy) is 1. The fraction of sp³-hybridized carbons (Fsp3) is 0.533. The number of nitrogens with zero attached hydrogens (tertiary/aromatic N) is 2. The third kappa shape index (κ3) is 6.98. The van der Waals surface area contributed by atoms with Crippen LogP contribution in [0.4, 0.5) is 0 Å². The first-order chi connectivity index (χ1) is 10.7. The molecule has 0 aliphatic heterocycles. The Bertz CT molecular complexity index is 617. The van der Waals surface area contributed by atoms with Gasteiger partial charge in [-0.05, 0) is 32.3 Å². The maximum atomic E-state index is 12.1. The lowest BCUT2D eigenvalue weighted by Crippen LogP contribution is -2.41. The van der Waals surface area contributed by atoms with Crippen molar-refractivity contribution in [1.82, 2.24) is 14.5 Å². The third-order valence-electron chi connectivity index (χ3n) is 3.24. The van der Waals surface area contributed by atoms with Crippen molar-refractivity contribution in [2.45, 2.75) is 0 Å². The minimum absolute atomic E-state index is 0.238. The standard InChI is InChI=1S/C15H25N3O4S/c1-17(2)10-11-18(23(4,20)21)9-8-16-15(19)13-6-5-7-14(12-13)22-3/h5-7,12H,8-11H2,1-4H3,(H,16,19). The summed E-state index contributed by atoms with van der Waals surface area (Å²) in [7, 11) is 1.99. The summed E-state index contributed by atoms with van der Waals surface area (Å²) in [5.41, 5.74) is 0.476. The van der Waals surface area contributed by atoms with Crippen molar-refractivity contribution in [3.63, 3.8) is 0 Å². The predicted octanol–water partition coefficient (Wildman–Crippen LogP) is 0.248. The number of likely N-dealkylation sites (N-methyl/N-ethyl adjacent to an activating group) is 1. The average molecular weight is 343 g/mol. The van der Waals surface area contributed by atoms with Crippen LogP contribution in [0, 0.1) is 0 Å². The number of nitrogens with one attached hydrogen (secondary N) is 1. The molecule has 0 atom stereocenters. The molecular weight excluding hydrogens is 318 g/mol. The quantitative estimate of drug-likeness (QED) is 0.695. The first kappa shape index (κ1) is 19.4. The lowest BCUT2D eigenvalue weighted by atomic mass is 10.2. The van der Waals surface area contributed by atoms with Crippen LogP contribution < -0.4 is 10.1 Å². The van der Waals surface area contributed by atoms with Gasteiger partial charge in [-0.2, -0.15) is 4.31 Å². The zero-order valence-corrected chi connectivity index (χ0v) is 14.9. The topological polar surface area (TPSA) is 79.0 Å². The van der Waals surface area contributed by atoms with Gasteiger partial charge < -0.3 is 15.0 Å². The van der Waals surface area contributed by atoms with Crippen LogP contribution in [0.15, 0.2) is 24.3 Å². The minimum atomic E-state index is -3.30. The summed E-state index contributed by atoms with van der Waals surface area (Å²) in [6, 6.07) is 6.80. The first-order valence-corrected chi connectivity index (χ1v) is 9.11. The molecule has 0 saturated heterocycles. The van der Waals surface area contributed by atoms with Gasteiger partial charge in [-0.3, -0.25) is 4.79 Å². The molecule has 1 aromatic carbocycles. The number of hydrogen-bond acceptors (Lipinski definition) is 5. The summed E-state index contributed by atoms with van der Waals surface area (Å²) in [4.78, 5) is 14.0. The van der Waals surface area contributed by atoms with E-state index in [0.717, 1.165) is 0 Å². The van der Waals surface area contributed by atoms with Crippen molar-refractivity contribution >= 4 is 15.9 Å². The number of methoxy groups -OCH3 is 1. The van der Waals surface area contributed by atoms with E-state index in [9.17, 15) is 13.2 Å². The molecule has 1 amide bonds. The van der Waals surface area contributed by atoms with Crippen LogP contribution in [0.3, 0.4) is 0 Å². The van der Waals surface area contributed by atoms with Crippen molar-refractivity contribution in [2.24, 2.45) is 0 Å². The lowest BCUT2D eigenvalue weighted by molar-refractivity contribution is 0.0951. The van der Waals surface area contributed by atoms with Crippen LogP contribution in [-0.2, 0) is 10.0 Å². The summed E-state index contributed by atoms with van der Waals surface area (Å²) >= 11 is 0. The van der Waals surface area contributed by atoms with Gasteiger partial charge >= 0.3 is 0 Å². The van der Waals surface area contributed by atoms with E-state index < -0.39 is 10.0 Å². The predicted molar refractivity (Wildman–Crippen MR) is 90.3 cm³/mol. The summed E-state index contributed by atoms with van der Waals surface area (Å²) in [5, 5.41) is 2.73. The number of carbonyl (C=O) groups is 1. The number of hydrogen-bond donors (Lipinski definition) is 1. The van der Waals surface area contributed by atoms with Gasteiger partial charge in [0.2, 0.25) is 10.0 Å². The highest BCUT2D eigenvalue weighted by Crippen LogP contribution is 2.12. The number of sulfonamides is 1. The zero-order chi connectivity index (χ0) is 17.5. The van der Waals surface area contributed by atoms with Crippen LogP contribution in [0.1, 0.15) is 10.4 Å². The summed E-state index contributed by atoms with van der Waals surface area (Å²) in [6.45, 7) is 1.50. The molecule has 0 spiro atoms. The molecule has 1 rings (SSSR count). The molecular formula is C15H25N3O4S. The van der Waals surface area contributed by atoms with E-state index in [1.54, 1.807) is 24.3 Å². The second-order valence-electron chi connectivity index (χ2n) is 5.45. The van der Waals surface area contributed by atoms with E-state index >= 15 is 0 Å². The molecule has 7 nitrogen and oxygen atoms in total. The molecule has 1 aromatic rings. The minimum Gasteiger partial charge on any atom is -0.497 e. The van der Waals surface area contributed by atoms with Crippen molar-refractivity contribution in [2.75, 3.05) is 53.6 Å². The number of benzene rings is 1. The zero-order valence-electron chi connectivity index (χ0n) is 14.1. The van der Waals surface area contributed by atoms with Gasteiger partial charge in [0.25, 0.3) is 5.91 Å². The molecule has 0 unspecified atom stereocenters. The van der Waals surface area contributed by atoms with E-state index in [-0.39, 0.29) is 19.0 Å². The molecule has 0 fully saturated rings. The Morgan fingerprint density at radius 1 is 1.22 bits per heavy atom. The molecule has 0 bridgehead atoms. The van der Waals surface area contributed by atoms with Crippen LogP contribution in [0.2, 0.25) is 0 Å². The van der Waals surface area contributed by atoms with Crippen molar-refractivity contribution < 1.29 is 17.9 Å². The van der Waals surface area contributed by atoms with E-state index in [4.69, 9.17) is 4.74 Å². The molecule has 130 valence electrons. The average Bonchev–Trinajstić information content (AvgIpc) is 2.48. The van der Waals surface area contributed by atoms with Gasteiger partial charge in [0.05, 0.1) is 13.4 Å². The Labute approximate surface area is 138 Å². The molecule has 0 saturated carbocycles. The van der Waals surface area contributed by atoms with Crippen LogP contribution >= 0.6 is 0 Å². The molecule has 0 aliphatic rings. The molecule has 0 radical (unpaired) electrons. The molecule has 0 aliphatic carbocycles. The fourth-order valence-electron chi connectivity index (χ4n) is 1.92. The molecule has 8 heteroatoms. The van der Waals surface area contributed by atoms with Gasteiger partial charge in [0.15, 0.2) is 0 Å². The molecule has 0 heterocycles. The van der Waals surface area contributed by atoms with E-state index in [1.807, 2.05) is 19.0 Å². The summed E-state index contributed by atoms with van der Waals surface area (Å²) < 4.78 is 29.9. The molecule has 0 aromatic heterocycles. The van der Waals surface area contributed by atoms with Gasteiger partial charge in [0.1, 0.15) is 5.75 Å². The Kier molecular flexibility index (Phi) is 7.47. The van der Waals surface area contributed by atoms with Gasteiger partial charge in [-0.15, -0.1) is 0 Å². The first-order valence-electron chi connectivity index (χ1n) is 7.26. The third-order valence-corrected chi connectivity index (χ3v) is 4.55. The monoisotopic (exact) mass is 343 g/mol. The highest BCUT2D eigenvalue weighted by molar-refractivity contribution is 7.88. The van der Waals surface area contributed by atoms with Crippen molar-refractivity contribution in [1.29, 1.82) is 0 Å². The largest absolute Gasteiger partial charge is 0.497 e. The van der Waals surface area contributed by atoms with Crippen molar-refractivity contribution in [3.8, 4) is 5.75 Å². The van der Waals surface area contributed by atoms with Crippen LogP contribution in [0.25, 0.3) is 0 Å². The Hall–Kier alpha value is -1.64. The molecule has 23 heavy (non-hydrogen) atoms. The van der Waals surface area contributed by atoms with E-state index in [0.29, 0.717) is 24.4 Å². The van der Waals surface area contributed by atoms with Gasteiger partial charge in [-0.1, -0.05) is 6.07 Å². The van der Waals surface area contributed by atoms with E-state index in [1.165, 1.54) is 17.7 Å². The Balaban J connectivity index is 2.56. The van der Waals surface area contributed by atoms with Crippen LogP contribution in [-0.4, -0.2) is 77.2 Å². The highest BCUT2D eigenvalue weighted by Gasteiger charge is 2.16. The number of amides is 1. The Morgan fingerprint density at radius 3 is 2.48 bits per heavy atom. The second kappa shape index (κ2) is 8.85. The van der Waals surface area contributed by atoms with Gasteiger partial charge in [0, 0.05) is 31.7 Å². The highest BCUT2D eigenvalue weighted by atomic mass is 32.2. The van der Waals surface area contributed by atoms with Crippen molar-refractivity contribution in [3.05, 3.63) is 29.8 Å². The second-order valence-corrected chi connectivity index (χ2v) is 7.44. The van der Waals surface area contributed by atoms with Gasteiger partial charge in [-0.25, -0.2) is 8.42 Å². The molecule has 1 N–H and O–H groups in total. The normalized spacial score (nSPS) is 11.7. The summed E-state index contributed by atoms with van der Waals surface area (Å²) in [6.07, 6.45) is 1.17. The summed E-state index contributed by atoms with van der Waals surface area (Å²) in [5.74, 6) is 0.339. The fourth-order valence-corrected chi connectivity index (χ4v) is 2.75. The number of carbonyl (C=O) groups excluding carboxylic acids is 1. The lowest BCUT2D eigenvalue weighted by Gasteiger charge is -2.22. The number of rotatable bonds is 9. The SMILES string of the molecule is COc1cccc(C(=O)NCCN(CCN(C)C)S(C)(=O)=O)c1. The van der Waals surface area contributed by atoms with E-state index in [2.05, 4.69) is 5.32 Å². The smallest absolute Gasteiger partial charge is 0.251 e.